The van der Waals surface area contributed by atoms with Gasteiger partial charge in [0.2, 0.25) is 0 Å². The smallest absolute Gasteiger partial charge is 0.158 e. The number of hydrogen-bond acceptors (Lipinski definition) is 4. The third kappa shape index (κ3) is 3.23. The molecule has 0 aliphatic rings. The van der Waals surface area contributed by atoms with Crippen LogP contribution >= 0.6 is 0 Å². The van der Waals surface area contributed by atoms with E-state index >= 15 is 0 Å². The molecule has 0 atom stereocenters. The molecule has 19 heavy (non-hydrogen) atoms. The Labute approximate surface area is 114 Å². The van der Waals surface area contributed by atoms with Crippen molar-refractivity contribution in [2.45, 2.75) is 53.8 Å². The molecule has 5 heteroatoms. The van der Waals surface area contributed by atoms with Gasteiger partial charge in [-0.15, -0.1) is 0 Å². The predicted molar refractivity (Wildman–Crippen MR) is 74.0 cm³/mol. The van der Waals surface area contributed by atoms with E-state index in [0.29, 0.717) is 12.6 Å². The van der Waals surface area contributed by atoms with Crippen LogP contribution in [0.1, 0.15) is 42.3 Å². The van der Waals surface area contributed by atoms with Crippen molar-refractivity contribution in [3.05, 3.63) is 34.5 Å². The summed E-state index contributed by atoms with van der Waals surface area (Å²) in [4.78, 5) is 0. The lowest BCUT2D eigenvalue weighted by Crippen LogP contribution is -2.21. The van der Waals surface area contributed by atoms with E-state index in [1.807, 2.05) is 17.7 Å². The minimum Gasteiger partial charge on any atom is -0.359 e. The van der Waals surface area contributed by atoms with Gasteiger partial charge in [0, 0.05) is 24.3 Å². The van der Waals surface area contributed by atoms with Crippen molar-refractivity contribution in [3.63, 3.8) is 0 Å². The van der Waals surface area contributed by atoms with Gasteiger partial charge in [0.05, 0.1) is 11.4 Å². The van der Waals surface area contributed by atoms with Crippen LogP contribution < -0.4 is 5.32 Å². The number of hydrogen-bond donors (Lipinski definition) is 1. The Hall–Kier alpha value is -1.62. The van der Waals surface area contributed by atoms with E-state index < -0.39 is 0 Å². The highest BCUT2D eigenvalue weighted by atomic mass is 16.5. The second kappa shape index (κ2) is 5.57. The Kier molecular flexibility index (Phi) is 4.04. The highest BCUT2D eigenvalue weighted by Gasteiger charge is 2.10. The number of nitrogens with one attached hydrogen (secondary N) is 1. The Morgan fingerprint density at radius 3 is 2.63 bits per heavy atom. The van der Waals surface area contributed by atoms with E-state index in [9.17, 15) is 0 Å². The largest absolute Gasteiger partial charge is 0.359 e. The van der Waals surface area contributed by atoms with Gasteiger partial charge in [0.15, 0.2) is 5.76 Å². The molecule has 0 radical (unpaired) electrons. The van der Waals surface area contributed by atoms with Gasteiger partial charge < -0.3 is 9.84 Å². The van der Waals surface area contributed by atoms with E-state index in [1.165, 1.54) is 11.3 Å². The normalized spacial score (nSPS) is 11.5. The Morgan fingerprint density at radius 1 is 1.32 bits per heavy atom. The van der Waals surface area contributed by atoms with Gasteiger partial charge in [-0.2, -0.15) is 5.10 Å². The maximum absolute atomic E-state index is 5.35. The maximum Gasteiger partial charge on any atom is 0.158 e. The zero-order valence-corrected chi connectivity index (χ0v) is 12.3. The first kappa shape index (κ1) is 13.8. The zero-order valence-electron chi connectivity index (χ0n) is 12.3. The Balaban J connectivity index is 2.05. The van der Waals surface area contributed by atoms with Crippen molar-refractivity contribution < 1.29 is 4.52 Å². The molecule has 104 valence electrons. The molecule has 0 saturated heterocycles. The van der Waals surface area contributed by atoms with Crippen molar-refractivity contribution in [2.75, 3.05) is 0 Å². The fourth-order valence-electron chi connectivity index (χ4n) is 1.91. The molecule has 0 bridgehead atoms. The number of aryl methyl sites for hydroxylation is 1. The molecule has 0 aliphatic heterocycles. The van der Waals surface area contributed by atoms with Crippen LogP contribution in [0.2, 0.25) is 0 Å². The Morgan fingerprint density at radius 2 is 2.05 bits per heavy atom. The minimum atomic E-state index is 0.443. The third-order valence-electron chi connectivity index (χ3n) is 3.35. The lowest BCUT2D eigenvalue weighted by Gasteiger charge is -2.03. The zero-order chi connectivity index (χ0) is 14.0. The van der Waals surface area contributed by atoms with Crippen molar-refractivity contribution in [3.8, 4) is 0 Å². The molecule has 5 nitrogen and oxygen atoms in total. The molecule has 0 amide bonds. The van der Waals surface area contributed by atoms with E-state index in [4.69, 9.17) is 4.52 Å². The van der Waals surface area contributed by atoms with E-state index in [2.05, 4.69) is 43.3 Å². The first-order chi connectivity index (χ1) is 8.97. The summed E-state index contributed by atoms with van der Waals surface area (Å²) >= 11 is 0. The molecule has 0 saturated carbocycles. The van der Waals surface area contributed by atoms with Gasteiger partial charge in [-0.05, 0) is 26.3 Å². The van der Waals surface area contributed by atoms with Crippen LogP contribution in [-0.4, -0.2) is 21.0 Å². The molecular weight excluding hydrogens is 240 g/mol. The molecular formula is C14H22N4O. The van der Waals surface area contributed by atoms with Gasteiger partial charge in [0.1, 0.15) is 6.54 Å². The highest BCUT2D eigenvalue weighted by Crippen LogP contribution is 2.13. The molecule has 0 spiro atoms. The fraction of sp³-hybridized carbons (Fsp3) is 0.571. The summed E-state index contributed by atoms with van der Waals surface area (Å²) in [6.07, 6.45) is 0. The monoisotopic (exact) mass is 262 g/mol. The molecule has 0 unspecified atom stereocenters. The Bertz CT molecular complexity index is 554. The summed E-state index contributed by atoms with van der Waals surface area (Å²) in [6.45, 7) is 11.8. The van der Waals surface area contributed by atoms with Crippen LogP contribution in [0.15, 0.2) is 10.6 Å². The first-order valence-corrected chi connectivity index (χ1v) is 6.66. The molecule has 0 aromatic carbocycles. The molecule has 0 aliphatic carbocycles. The van der Waals surface area contributed by atoms with Gasteiger partial charge in [-0.1, -0.05) is 19.0 Å². The van der Waals surface area contributed by atoms with Crippen molar-refractivity contribution >= 4 is 0 Å². The summed E-state index contributed by atoms with van der Waals surface area (Å²) in [7, 11) is 0. The molecule has 2 heterocycles. The summed E-state index contributed by atoms with van der Waals surface area (Å²) < 4.78 is 7.32. The van der Waals surface area contributed by atoms with E-state index in [1.54, 1.807) is 0 Å². The summed E-state index contributed by atoms with van der Waals surface area (Å²) in [5, 5.41) is 11.9. The minimum absolute atomic E-state index is 0.443. The molecule has 0 fully saturated rings. The van der Waals surface area contributed by atoms with Gasteiger partial charge in [-0.25, -0.2) is 0 Å². The van der Waals surface area contributed by atoms with Crippen LogP contribution in [0.5, 0.6) is 0 Å². The average molecular weight is 262 g/mol. The molecule has 1 N–H and O–H groups in total. The van der Waals surface area contributed by atoms with E-state index in [-0.39, 0.29) is 0 Å². The van der Waals surface area contributed by atoms with Crippen LogP contribution in [-0.2, 0) is 13.1 Å². The van der Waals surface area contributed by atoms with Crippen LogP contribution in [0.4, 0.5) is 0 Å². The highest BCUT2D eigenvalue weighted by molar-refractivity contribution is 5.22. The topological polar surface area (TPSA) is 55.9 Å². The quantitative estimate of drug-likeness (QED) is 0.898. The summed E-state index contributed by atoms with van der Waals surface area (Å²) in [6, 6.07) is 2.43. The predicted octanol–water partition coefficient (Wildman–Crippen LogP) is 2.34. The van der Waals surface area contributed by atoms with Crippen molar-refractivity contribution in [1.29, 1.82) is 0 Å². The molecule has 2 aromatic rings. The average Bonchev–Trinajstić information content (AvgIpc) is 2.89. The number of rotatable bonds is 5. The second-order valence-corrected chi connectivity index (χ2v) is 5.27. The first-order valence-electron chi connectivity index (χ1n) is 6.66. The fourth-order valence-corrected chi connectivity index (χ4v) is 1.91. The van der Waals surface area contributed by atoms with Crippen molar-refractivity contribution in [2.24, 2.45) is 0 Å². The third-order valence-corrected chi connectivity index (χ3v) is 3.35. The van der Waals surface area contributed by atoms with Gasteiger partial charge >= 0.3 is 0 Å². The number of nitrogens with zero attached hydrogens (tertiary/aromatic N) is 3. The van der Waals surface area contributed by atoms with Gasteiger partial charge in [0.25, 0.3) is 0 Å². The maximum atomic E-state index is 5.35. The second-order valence-electron chi connectivity index (χ2n) is 5.27. The standard InChI is InChI=1S/C14H22N4O/c1-9(2)15-7-13-6-14(19-17-13)8-18-12(5)10(3)11(4)16-18/h6,9,15H,7-8H2,1-5H3. The summed E-state index contributed by atoms with van der Waals surface area (Å²) in [5.41, 5.74) is 4.41. The van der Waals surface area contributed by atoms with Crippen LogP contribution in [0.3, 0.4) is 0 Å². The van der Waals surface area contributed by atoms with Crippen LogP contribution in [0.25, 0.3) is 0 Å². The summed E-state index contributed by atoms with van der Waals surface area (Å²) in [5.74, 6) is 0.839. The molecule has 2 aromatic heterocycles. The SMILES string of the molecule is Cc1nn(Cc2cc(CNC(C)C)no2)c(C)c1C. The lowest BCUT2D eigenvalue weighted by atomic mass is 10.2. The van der Waals surface area contributed by atoms with Gasteiger partial charge in [-0.3, -0.25) is 4.68 Å². The van der Waals surface area contributed by atoms with Crippen molar-refractivity contribution in [1.82, 2.24) is 20.3 Å². The molecule has 2 rings (SSSR count). The number of aromatic nitrogens is 3. The van der Waals surface area contributed by atoms with E-state index in [0.717, 1.165) is 23.7 Å². The van der Waals surface area contributed by atoms with Crippen LogP contribution in [0, 0.1) is 20.8 Å². The lowest BCUT2D eigenvalue weighted by molar-refractivity contribution is 0.362.